The quantitative estimate of drug-likeness (QED) is 0.209. The molecule has 1 saturated heterocycles. The maximum atomic E-state index is 12.7. The van der Waals surface area contributed by atoms with Crippen LogP contribution in [0.4, 0.5) is 10.5 Å². The molecule has 2 heterocycles. The molecule has 8 nitrogen and oxygen atoms in total. The Bertz CT molecular complexity index is 1290. The van der Waals surface area contributed by atoms with Crippen LogP contribution in [0.3, 0.4) is 0 Å². The van der Waals surface area contributed by atoms with Gasteiger partial charge in [-0.3, -0.25) is 24.6 Å². The van der Waals surface area contributed by atoms with Crippen molar-refractivity contribution in [1.82, 2.24) is 4.90 Å². The van der Waals surface area contributed by atoms with Crippen LogP contribution < -0.4 is 4.74 Å². The van der Waals surface area contributed by atoms with Gasteiger partial charge in [0.2, 0.25) is 0 Å². The van der Waals surface area contributed by atoms with Gasteiger partial charge in [-0.2, -0.15) is 0 Å². The molecule has 4 rings (SSSR count). The zero-order valence-corrected chi connectivity index (χ0v) is 19.7. The summed E-state index contributed by atoms with van der Waals surface area (Å²) in [5, 5.41) is 10.5. The van der Waals surface area contributed by atoms with Gasteiger partial charge in [-0.25, -0.2) is 0 Å². The lowest BCUT2D eigenvalue weighted by molar-refractivity contribution is -0.384. The van der Waals surface area contributed by atoms with E-state index in [-0.39, 0.29) is 29.0 Å². The number of amides is 2. The number of hydrogen-bond donors (Lipinski definition) is 0. The zero-order valence-electron chi connectivity index (χ0n) is 17.3. The van der Waals surface area contributed by atoms with E-state index < -0.39 is 10.8 Å². The number of ether oxygens (including phenoxy) is 1. The lowest BCUT2D eigenvalue weighted by Gasteiger charge is -2.13. The second kappa shape index (κ2) is 9.63. The third kappa shape index (κ3) is 5.18. The van der Waals surface area contributed by atoms with Crippen LogP contribution in [0.15, 0.2) is 68.4 Å². The van der Waals surface area contributed by atoms with E-state index >= 15 is 0 Å². The number of hydrogen-bond acceptors (Lipinski definition) is 7. The van der Waals surface area contributed by atoms with Crippen molar-refractivity contribution in [2.75, 3.05) is 13.2 Å². The average Bonchev–Trinajstić information content (AvgIpc) is 3.33. The second-order valence-electron chi connectivity index (χ2n) is 7.12. The van der Waals surface area contributed by atoms with Gasteiger partial charge in [0, 0.05) is 28.2 Å². The van der Waals surface area contributed by atoms with E-state index in [0.29, 0.717) is 27.3 Å². The molecule has 3 aromatic rings. The van der Waals surface area contributed by atoms with Crippen molar-refractivity contribution >= 4 is 50.6 Å². The van der Waals surface area contributed by atoms with Crippen LogP contribution in [-0.2, 0) is 4.79 Å². The predicted molar refractivity (Wildman–Crippen MR) is 128 cm³/mol. The van der Waals surface area contributed by atoms with Gasteiger partial charge in [-0.15, -0.1) is 0 Å². The Morgan fingerprint density at radius 1 is 1.18 bits per heavy atom. The molecule has 1 aliphatic rings. The molecular weight excluding hydrogens is 512 g/mol. The Balaban J connectivity index is 1.43. The van der Waals surface area contributed by atoms with Gasteiger partial charge in [-0.1, -0.05) is 12.1 Å². The Labute approximate surface area is 201 Å². The molecule has 0 aliphatic carbocycles. The highest BCUT2D eigenvalue weighted by Crippen LogP contribution is 2.35. The molecule has 2 amide bonds. The molecule has 2 aromatic carbocycles. The molecule has 1 aliphatic heterocycles. The Morgan fingerprint density at radius 3 is 2.73 bits per heavy atom. The molecule has 0 spiro atoms. The van der Waals surface area contributed by atoms with Crippen molar-refractivity contribution in [3.8, 4) is 17.1 Å². The number of benzene rings is 2. The molecule has 33 heavy (non-hydrogen) atoms. The van der Waals surface area contributed by atoms with Crippen LogP contribution in [0.25, 0.3) is 17.4 Å². The van der Waals surface area contributed by atoms with Crippen LogP contribution >= 0.6 is 27.7 Å². The number of halogens is 1. The summed E-state index contributed by atoms with van der Waals surface area (Å²) >= 11 is 4.16. The van der Waals surface area contributed by atoms with Crippen LogP contribution in [0.1, 0.15) is 11.3 Å². The Kier molecular flexibility index (Phi) is 6.66. The molecule has 1 fully saturated rings. The van der Waals surface area contributed by atoms with Gasteiger partial charge in [0.1, 0.15) is 23.9 Å². The fourth-order valence-electron chi connectivity index (χ4n) is 3.17. The van der Waals surface area contributed by atoms with Crippen molar-refractivity contribution in [2.45, 2.75) is 6.92 Å². The number of rotatable bonds is 7. The molecule has 10 heteroatoms. The van der Waals surface area contributed by atoms with Gasteiger partial charge < -0.3 is 9.15 Å². The predicted octanol–water partition coefficient (Wildman–Crippen LogP) is 6.04. The van der Waals surface area contributed by atoms with E-state index in [1.165, 1.54) is 18.2 Å². The van der Waals surface area contributed by atoms with Gasteiger partial charge in [0.15, 0.2) is 0 Å². The summed E-state index contributed by atoms with van der Waals surface area (Å²) in [6, 6.07) is 15.2. The SMILES string of the molecule is Cc1cccc(OCCN2C(=O)S/C(=C\c3ccc(-c4ccc([N+](=O)[O-])cc4Br)o3)C2=O)c1. The minimum atomic E-state index is -0.482. The number of nitro benzene ring substituents is 1. The summed E-state index contributed by atoms with van der Waals surface area (Å²) < 4.78 is 11.9. The second-order valence-corrected chi connectivity index (χ2v) is 8.97. The van der Waals surface area contributed by atoms with Crippen LogP contribution in [-0.4, -0.2) is 34.1 Å². The van der Waals surface area contributed by atoms with Crippen LogP contribution in [0.5, 0.6) is 5.75 Å². The number of aryl methyl sites for hydroxylation is 1. The molecule has 0 saturated carbocycles. The number of imide groups is 1. The molecule has 0 radical (unpaired) electrons. The first-order valence-electron chi connectivity index (χ1n) is 9.81. The van der Waals surface area contributed by atoms with E-state index in [4.69, 9.17) is 9.15 Å². The van der Waals surface area contributed by atoms with Crippen molar-refractivity contribution < 1.29 is 23.7 Å². The standard InChI is InChI=1S/C23H17BrN2O6S/c1-14-3-2-4-16(11-14)31-10-9-25-22(27)21(33-23(25)28)13-17-6-8-20(32-17)18-7-5-15(26(29)30)12-19(18)24/h2-8,11-13H,9-10H2,1H3/b21-13-. The summed E-state index contributed by atoms with van der Waals surface area (Å²) in [6.45, 7) is 2.28. The lowest BCUT2D eigenvalue weighted by Crippen LogP contribution is -2.32. The minimum absolute atomic E-state index is 0.0440. The first-order valence-corrected chi connectivity index (χ1v) is 11.4. The van der Waals surface area contributed by atoms with Gasteiger partial charge in [0.05, 0.1) is 16.4 Å². The van der Waals surface area contributed by atoms with Crippen molar-refractivity contribution in [3.05, 3.63) is 85.4 Å². The number of nitro groups is 1. The van der Waals surface area contributed by atoms with E-state index in [9.17, 15) is 19.7 Å². The third-order valence-corrected chi connectivity index (χ3v) is 6.34. The zero-order chi connectivity index (χ0) is 23.5. The lowest BCUT2D eigenvalue weighted by atomic mass is 10.1. The third-order valence-electron chi connectivity index (χ3n) is 4.78. The number of furan rings is 1. The maximum Gasteiger partial charge on any atom is 0.293 e. The van der Waals surface area contributed by atoms with E-state index in [0.717, 1.165) is 22.2 Å². The number of non-ortho nitro benzene ring substituents is 1. The number of carbonyl (C=O) groups is 2. The number of thioether (sulfide) groups is 1. The van der Waals surface area contributed by atoms with E-state index in [1.807, 2.05) is 31.2 Å². The first-order chi connectivity index (χ1) is 15.8. The van der Waals surface area contributed by atoms with Crippen molar-refractivity contribution in [3.63, 3.8) is 0 Å². The molecular formula is C23H17BrN2O6S. The summed E-state index contributed by atoms with van der Waals surface area (Å²) in [7, 11) is 0. The normalized spacial score (nSPS) is 14.8. The Hall–Kier alpha value is -3.37. The monoisotopic (exact) mass is 528 g/mol. The van der Waals surface area contributed by atoms with Crippen LogP contribution in [0.2, 0.25) is 0 Å². The van der Waals surface area contributed by atoms with Gasteiger partial charge >= 0.3 is 0 Å². The molecule has 0 N–H and O–H groups in total. The highest BCUT2D eigenvalue weighted by Gasteiger charge is 2.35. The molecule has 168 valence electrons. The summed E-state index contributed by atoms with van der Waals surface area (Å²) in [5.41, 5.74) is 1.64. The molecule has 0 bridgehead atoms. The highest BCUT2D eigenvalue weighted by atomic mass is 79.9. The smallest absolute Gasteiger partial charge is 0.293 e. The van der Waals surface area contributed by atoms with Crippen LogP contribution in [0, 0.1) is 17.0 Å². The topological polar surface area (TPSA) is 103 Å². The molecule has 0 unspecified atom stereocenters. The number of carbonyl (C=O) groups excluding carboxylic acids is 2. The van der Waals surface area contributed by atoms with Crippen molar-refractivity contribution in [2.24, 2.45) is 0 Å². The number of nitrogens with zero attached hydrogens (tertiary/aromatic N) is 2. The summed E-state index contributed by atoms with van der Waals surface area (Å²) in [4.78, 5) is 36.8. The van der Waals surface area contributed by atoms with Crippen molar-refractivity contribution in [1.29, 1.82) is 0 Å². The average molecular weight is 529 g/mol. The largest absolute Gasteiger partial charge is 0.492 e. The fourth-order valence-corrected chi connectivity index (χ4v) is 4.58. The molecule has 0 atom stereocenters. The maximum absolute atomic E-state index is 12.7. The van der Waals surface area contributed by atoms with E-state index in [2.05, 4.69) is 15.9 Å². The Morgan fingerprint density at radius 2 is 2.00 bits per heavy atom. The summed E-state index contributed by atoms with van der Waals surface area (Å²) in [5.74, 6) is 1.12. The minimum Gasteiger partial charge on any atom is -0.492 e. The highest BCUT2D eigenvalue weighted by molar-refractivity contribution is 9.10. The molecule has 1 aromatic heterocycles. The van der Waals surface area contributed by atoms with E-state index in [1.54, 1.807) is 18.2 Å². The fraction of sp³-hybridized carbons (Fsp3) is 0.130. The first kappa shape index (κ1) is 22.8. The van der Waals surface area contributed by atoms with Gasteiger partial charge in [0.25, 0.3) is 16.8 Å². The van der Waals surface area contributed by atoms with Gasteiger partial charge in [-0.05, 0) is 70.5 Å². The summed E-state index contributed by atoms with van der Waals surface area (Å²) in [6.07, 6.45) is 1.51.